The Kier molecular flexibility index (Phi) is 17.5. The molecule has 44 heavy (non-hydrogen) atoms. The van der Waals surface area contributed by atoms with Gasteiger partial charge in [-0.3, -0.25) is 9.69 Å². The van der Waals surface area contributed by atoms with Crippen molar-refractivity contribution < 1.29 is 13.6 Å². The van der Waals surface area contributed by atoms with Gasteiger partial charge in [0.15, 0.2) is 0 Å². The first kappa shape index (κ1) is 38.2. The number of halogens is 2. The van der Waals surface area contributed by atoms with Gasteiger partial charge in [-0.2, -0.15) is 8.78 Å². The molecule has 3 aromatic rings. The van der Waals surface area contributed by atoms with Crippen molar-refractivity contribution in [2.75, 3.05) is 18.4 Å². The first-order valence-electron chi connectivity index (χ1n) is 15.7. The summed E-state index contributed by atoms with van der Waals surface area (Å²) in [6.45, 7) is 16.3. The number of carbonyl (C=O) groups excluding carboxylic acids is 1. The first-order valence-corrected chi connectivity index (χ1v) is 15.7. The zero-order valence-corrected chi connectivity index (χ0v) is 27.8. The Morgan fingerprint density at radius 1 is 0.909 bits per heavy atom. The zero-order chi connectivity index (χ0) is 33.1. The van der Waals surface area contributed by atoms with E-state index in [0.717, 1.165) is 31.0 Å². The predicted molar refractivity (Wildman–Crippen MR) is 183 cm³/mol. The number of nitrogens with zero attached hydrogens (tertiary/aromatic N) is 2. The van der Waals surface area contributed by atoms with Crippen molar-refractivity contribution in [1.82, 2.24) is 4.90 Å². The van der Waals surface area contributed by atoms with E-state index in [4.69, 9.17) is 5.73 Å². The quantitative estimate of drug-likeness (QED) is 0.110. The van der Waals surface area contributed by atoms with Gasteiger partial charge in [0.2, 0.25) is 0 Å². The van der Waals surface area contributed by atoms with Crippen LogP contribution in [0.5, 0.6) is 0 Å². The minimum absolute atomic E-state index is 0.0511. The van der Waals surface area contributed by atoms with Crippen molar-refractivity contribution >= 4 is 17.8 Å². The summed E-state index contributed by atoms with van der Waals surface area (Å²) in [5.74, 6) is 1.01. The van der Waals surface area contributed by atoms with E-state index in [1.165, 1.54) is 11.1 Å². The summed E-state index contributed by atoms with van der Waals surface area (Å²) in [5, 5.41) is 2.15. The number of benzene rings is 3. The second-order valence-electron chi connectivity index (χ2n) is 10.1. The van der Waals surface area contributed by atoms with Crippen molar-refractivity contribution in [1.29, 1.82) is 0 Å². The van der Waals surface area contributed by atoms with Gasteiger partial charge < -0.3 is 11.1 Å². The summed E-state index contributed by atoms with van der Waals surface area (Å²) in [6.07, 6.45) is 2.14. The van der Waals surface area contributed by atoms with E-state index in [9.17, 15) is 13.6 Å². The maximum atomic E-state index is 13.0. The van der Waals surface area contributed by atoms with Crippen molar-refractivity contribution in [3.05, 3.63) is 113 Å². The van der Waals surface area contributed by atoms with E-state index in [2.05, 4.69) is 82.8 Å². The van der Waals surface area contributed by atoms with Gasteiger partial charge in [-0.1, -0.05) is 114 Å². The molecule has 0 saturated heterocycles. The number of hydrogen-bond acceptors (Lipinski definition) is 4. The van der Waals surface area contributed by atoms with Gasteiger partial charge in [0.1, 0.15) is 6.29 Å². The number of rotatable bonds is 9. The van der Waals surface area contributed by atoms with Crippen LogP contribution < -0.4 is 11.1 Å². The van der Waals surface area contributed by atoms with Crippen molar-refractivity contribution in [3.63, 3.8) is 0 Å². The third-order valence-electron chi connectivity index (χ3n) is 7.07. The Bertz CT molecular complexity index is 1230. The Hall–Kier alpha value is -3.84. The maximum absolute atomic E-state index is 13.0. The summed E-state index contributed by atoms with van der Waals surface area (Å²) in [7, 11) is 0. The number of hydrogen-bond donors (Lipinski definition) is 2. The van der Waals surface area contributed by atoms with Crippen LogP contribution in [-0.4, -0.2) is 36.2 Å². The summed E-state index contributed by atoms with van der Waals surface area (Å²) in [6, 6.07) is 25.2. The number of aldehydes is 1. The number of aliphatic imine (C=N–C) groups is 1. The van der Waals surface area contributed by atoms with Gasteiger partial charge in [-0.25, -0.2) is 4.99 Å². The molecule has 0 aromatic heterocycles. The molecule has 0 aliphatic carbocycles. The van der Waals surface area contributed by atoms with Gasteiger partial charge in [0, 0.05) is 56.1 Å². The van der Waals surface area contributed by atoms with Gasteiger partial charge in [-0.15, -0.1) is 0 Å². The number of carbonyl (C=O) groups is 1. The molecular formula is C37H52F2N4O. The fourth-order valence-electron chi connectivity index (χ4n) is 4.60. The molecule has 7 heteroatoms. The highest BCUT2D eigenvalue weighted by molar-refractivity contribution is 5.83. The highest BCUT2D eigenvalue weighted by atomic mass is 19.3. The normalized spacial score (nSPS) is 14.2. The minimum Gasteiger partial charge on any atom is -0.387 e. The standard InChI is InChI=1S/C19H26F2N4O.C14H14.2C2H6/c1-4-18(22)23-17-9-10-25(11-15(17)12-26)13(2)14-5-7-16(8-6-14)24-19(3,20)21;1-12(13-8-4-2-5-9-13)14-10-6-3-7-11-14;2*1-2/h5-8,12-13,24H,4,9-11H2,1-3H3,(H2,22,23);2-12H,1H3;2*1-2H3. The second-order valence-corrected chi connectivity index (χ2v) is 10.1. The molecule has 0 spiro atoms. The average Bonchev–Trinajstić information content (AvgIpc) is 3.06. The van der Waals surface area contributed by atoms with Crippen molar-refractivity contribution in [3.8, 4) is 0 Å². The molecule has 3 N–H and O–H groups in total. The Labute approximate surface area is 264 Å². The van der Waals surface area contributed by atoms with Gasteiger partial charge >= 0.3 is 6.05 Å². The third-order valence-corrected chi connectivity index (χ3v) is 7.07. The Morgan fingerprint density at radius 2 is 1.41 bits per heavy atom. The lowest BCUT2D eigenvalue weighted by molar-refractivity contribution is -0.105. The highest BCUT2D eigenvalue weighted by Gasteiger charge is 2.24. The van der Waals surface area contributed by atoms with E-state index in [1.54, 1.807) is 12.1 Å². The minimum atomic E-state index is -2.96. The molecule has 1 atom stereocenters. The van der Waals surface area contributed by atoms with E-state index in [-0.39, 0.29) is 6.04 Å². The SMILES string of the molecule is CC.CC.CC(c1ccccc1)c1ccccc1.CCC(N)=NC1=C(C=O)CN(C(C)c2ccc(NC(C)(F)F)cc2)CC1. The van der Waals surface area contributed by atoms with Crippen LogP contribution in [0.1, 0.15) is 96.9 Å². The fraction of sp³-hybridized carbons (Fsp3) is 0.405. The molecule has 240 valence electrons. The summed E-state index contributed by atoms with van der Waals surface area (Å²) in [5.41, 5.74) is 11.3. The van der Waals surface area contributed by atoms with Crippen molar-refractivity contribution in [2.24, 2.45) is 10.7 Å². The number of amidine groups is 1. The third kappa shape index (κ3) is 12.8. The predicted octanol–water partition coefficient (Wildman–Crippen LogP) is 9.59. The van der Waals surface area contributed by atoms with Crippen LogP contribution in [0.15, 0.2) is 101 Å². The molecule has 1 aliphatic rings. The molecule has 0 fully saturated rings. The molecule has 1 unspecified atom stereocenters. The van der Waals surface area contributed by atoms with Crippen LogP contribution in [0, 0.1) is 0 Å². The molecule has 1 aliphatic heterocycles. The molecule has 1 heterocycles. The lowest BCUT2D eigenvalue weighted by Gasteiger charge is -2.33. The van der Waals surface area contributed by atoms with E-state index >= 15 is 0 Å². The van der Waals surface area contributed by atoms with Crippen LogP contribution >= 0.6 is 0 Å². The van der Waals surface area contributed by atoms with E-state index < -0.39 is 6.05 Å². The average molecular weight is 607 g/mol. The first-order chi connectivity index (χ1) is 21.1. The van der Waals surface area contributed by atoms with Crippen LogP contribution in [0.4, 0.5) is 14.5 Å². The summed E-state index contributed by atoms with van der Waals surface area (Å²) >= 11 is 0. The van der Waals surface area contributed by atoms with E-state index in [0.29, 0.717) is 42.4 Å². The van der Waals surface area contributed by atoms with Crippen molar-refractivity contribution in [2.45, 2.75) is 86.2 Å². The number of nitrogens with one attached hydrogen (secondary N) is 1. The molecule has 0 saturated carbocycles. The van der Waals surface area contributed by atoms with Crippen LogP contribution in [0.25, 0.3) is 0 Å². The smallest absolute Gasteiger partial charge is 0.320 e. The van der Waals surface area contributed by atoms with E-state index in [1.807, 2.05) is 53.7 Å². The molecule has 0 radical (unpaired) electrons. The van der Waals surface area contributed by atoms with Gasteiger partial charge in [0.05, 0.1) is 11.5 Å². The van der Waals surface area contributed by atoms with Crippen LogP contribution in [0.2, 0.25) is 0 Å². The Morgan fingerprint density at radius 3 is 1.84 bits per heavy atom. The number of alkyl halides is 2. The summed E-state index contributed by atoms with van der Waals surface area (Å²) < 4.78 is 26.0. The lowest BCUT2D eigenvalue weighted by Crippen LogP contribution is -2.34. The number of anilines is 1. The topological polar surface area (TPSA) is 70.7 Å². The monoisotopic (exact) mass is 606 g/mol. The van der Waals surface area contributed by atoms with Gasteiger partial charge in [-0.05, 0) is 35.7 Å². The Balaban J connectivity index is 0.000000450. The molecule has 4 rings (SSSR count). The van der Waals surface area contributed by atoms with Gasteiger partial charge in [0.25, 0.3) is 0 Å². The molecule has 0 amide bonds. The highest BCUT2D eigenvalue weighted by Crippen LogP contribution is 2.28. The fourth-order valence-corrected chi connectivity index (χ4v) is 4.60. The maximum Gasteiger partial charge on any atom is 0.320 e. The molecule has 3 aromatic carbocycles. The number of nitrogens with two attached hydrogens (primary N) is 1. The van der Waals surface area contributed by atoms with Crippen LogP contribution in [0.3, 0.4) is 0 Å². The summed E-state index contributed by atoms with van der Waals surface area (Å²) in [4.78, 5) is 18.0. The lowest BCUT2D eigenvalue weighted by atomic mass is 9.93. The largest absolute Gasteiger partial charge is 0.387 e. The zero-order valence-electron chi connectivity index (χ0n) is 27.8. The van der Waals surface area contributed by atoms with Crippen LogP contribution in [-0.2, 0) is 4.79 Å². The molecular weight excluding hydrogens is 554 g/mol. The molecule has 0 bridgehead atoms. The second kappa shape index (κ2) is 20.2. The molecule has 5 nitrogen and oxygen atoms in total.